The second-order valence-corrected chi connectivity index (χ2v) is 2.69. The molecule has 0 aliphatic carbocycles. The Balaban J connectivity index is 2.61. The second kappa shape index (κ2) is 4.18. The minimum atomic E-state index is 0.839. The van der Waals surface area contributed by atoms with E-state index in [2.05, 4.69) is 27.5 Å². The molecular weight excluding hydrogens is 158 g/mol. The van der Waals surface area contributed by atoms with Crippen LogP contribution in [0.15, 0.2) is 18.7 Å². The van der Waals surface area contributed by atoms with Crippen molar-refractivity contribution in [1.82, 2.24) is 9.97 Å². The minimum Gasteiger partial charge on any atom is -0.371 e. The van der Waals surface area contributed by atoms with E-state index in [-0.39, 0.29) is 0 Å². The zero-order valence-corrected chi connectivity index (χ0v) is 7.33. The highest BCUT2D eigenvalue weighted by molar-refractivity contribution is 7.80. The molecule has 0 unspecified atom stereocenters. The summed E-state index contributed by atoms with van der Waals surface area (Å²) < 4.78 is 0. The monoisotopic (exact) mass is 169 g/mol. The average Bonchev–Trinajstić information content (AvgIpc) is 2.07. The van der Waals surface area contributed by atoms with Gasteiger partial charge >= 0.3 is 0 Å². The third-order valence-electron chi connectivity index (χ3n) is 1.42. The SMILES string of the molecule is CN(CCS)c1cncnc1. The Morgan fingerprint density at radius 1 is 1.45 bits per heavy atom. The molecule has 4 heteroatoms. The topological polar surface area (TPSA) is 29.0 Å². The first kappa shape index (κ1) is 8.33. The molecule has 0 spiro atoms. The predicted octanol–water partition coefficient (Wildman–Crippen LogP) is 0.843. The van der Waals surface area contributed by atoms with Crippen LogP contribution in [-0.2, 0) is 0 Å². The first-order chi connectivity index (χ1) is 5.34. The van der Waals surface area contributed by atoms with Crippen LogP contribution in [0, 0.1) is 0 Å². The molecule has 0 saturated heterocycles. The Kier molecular flexibility index (Phi) is 3.16. The van der Waals surface area contributed by atoms with Crippen molar-refractivity contribution in [3.05, 3.63) is 18.7 Å². The van der Waals surface area contributed by atoms with Crippen LogP contribution in [0.5, 0.6) is 0 Å². The third kappa shape index (κ3) is 2.38. The molecule has 1 rings (SSSR count). The van der Waals surface area contributed by atoms with E-state index in [0.717, 1.165) is 18.0 Å². The summed E-state index contributed by atoms with van der Waals surface area (Å²) in [5, 5.41) is 0. The molecule has 0 aliphatic rings. The second-order valence-electron chi connectivity index (χ2n) is 2.24. The fourth-order valence-electron chi connectivity index (χ4n) is 0.767. The summed E-state index contributed by atoms with van der Waals surface area (Å²) in [5.41, 5.74) is 1.03. The molecule has 3 nitrogen and oxygen atoms in total. The maximum absolute atomic E-state index is 4.13. The molecular formula is C7H11N3S. The van der Waals surface area contributed by atoms with Gasteiger partial charge in [-0.25, -0.2) is 9.97 Å². The summed E-state index contributed by atoms with van der Waals surface area (Å²) >= 11 is 4.13. The molecule has 0 amide bonds. The number of hydrogen-bond donors (Lipinski definition) is 1. The Hall–Kier alpha value is -0.770. The smallest absolute Gasteiger partial charge is 0.115 e. The number of hydrogen-bond acceptors (Lipinski definition) is 4. The van der Waals surface area contributed by atoms with Crippen LogP contribution in [0.2, 0.25) is 0 Å². The fraction of sp³-hybridized carbons (Fsp3) is 0.429. The van der Waals surface area contributed by atoms with Gasteiger partial charge in [0.05, 0.1) is 18.1 Å². The molecule has 0 fully saturated rings. The first-order valence-electron chi connectivity index (χ1n) is 3.41. The van der Waals surface area contributed by atoms with Crippen molar-refractivity contribution in [2.75, 3.05) is 24.2 Å². The van der Waals surface area contributed by atoms with Crippen molar-refractivity contribution in [1.29, 1.82) is 0 Å². The van der Waals surface area contributed by atoms with E-state index in [1.54, 1.807) is 12.4 Å². The van der Waals surface area contributed by atoms with E-state index in [0.29, 0.717) is 0 Å². The van der Waals surface area contributed by atoms with Crippen LogP contribution in [-0.4, -0.2) is 29.3 Å². The van der Waals surface area contributed by atoms with Crippen LogP contribution in [0.25, 0.3) is 0 Å². The number of rotatable bonds is 3. The highest BCUT2D eigenvalue weighted by Crippen LogP contribution is 2.06. The van der Waals surface area contributed by atoms with Crippen LogP contribution in [0.1, 0.15) is 0 Å². The Morgan fingerprint density at radius 3 is 2.64 bits per heavy atom. The van der Waals surface area contributed by atoms with Crippen molar-refractivity contribution in [3.63, 3.8) is 0 Å². The number of thiol groups is 1. The summed E-state index contributed by atoms with van der Waals surface area (Å²) in [6.45, 7) is 0.913. The normalized spacial score (nSPS) is 9.64. The highest BCUT2D eigenvalue weighted by atomic mass is 32.1. The Labute approximate surface area is 71.9 Å². The van der Waals surface area contributed by atoms with Gasteiger partial charge in [0.2, 0.25) is 0 Å². The quantitative estimate of drug-likeness (QED) is 0.680. The van der Waals surface area contributed by atoms with E-state index in [4.69, 9.17) is 0 Å². The summed E-state index contributed by atoms with van der Waals surface area (Å²) in [6, 6.07) is 0. The van der Waals surface area contributed by atoms with Gasteiger partial charge in [0.15, 0.2) is 0 Å². The molecule has 0 bridgehead atoms. The van der Waals surface area contributed by atoms with Crippen LogP contribution < -0.4 is 4.90 Å². The van der Waals surface area contributed by atoms with Gasteiger partial charge in [-0.3, -0.25) is 0 Å². The van der Waals surface area contributed by atoms with Crippen LogP contribution >= 0.6 is 12.6 Å². The lowest BCUT2D eigenvalue weighted by molar-refractivity contribution is 0.959. The molecule has 1 aromatic rings. The third-order valence-corrected chi connectivity index (χ3v) is 1.62. The maximum atomic E-state index is 4.13. The summed E-state index contributed by atoms with van der Waals surface area (Å²) in [6.07, 6.45) is 5.10. The fourth-order valence-corrected chi connectivity index (χ4v) is 1.07. The zero-order valence-electron chi connectivity index (χ0n) is 6.44. The Morgan fingerprint density at radius 2 is 2.09 bits per heavy atom. The van der Waals surface area contributed by atoms with Crippen molar-refractivity contribution >= 4 is 18.3 Å². The predicted molar refractivity (Wildman–Crippen MR) is 49.2 cm³/mol. The van der Waals surface area contributed by atoms with Crippen LogP contribution in [0.3, 0.4) is 0 Å². The van der Waals surface area contributed by atoms with E-state index in [1.807, 2.05) is 7.05 Å². The van der Waals surface area contributed by atoms with Gasteiger partial charge in [-0.1, -0.05) is 0 Å². The van der Waals surface area contributed by atoms with Crippen LogP contribution in [0.4, 0.5) is 5.69 Å². The van der Waals surface area contributed by atoms with Crippen molar-refractivity contribution in [2.24, 2.45) is 0 Å². The number of nitrogens with zero attached hydrogens (tertiary/aromatic N) is 3. The average molecular weight is 169 g/mol. The van der Waals surface area contributed by atoms with Gasteiger partial charge in [0.25, 0.3) is 0 Å². The van der Waals surface area contributed by atoms with Gasteiger partial charge in [-0.15, -0.1) is 0 Å². The molecule has 0 N–H and O–H groups in total. The minimum absolute atomic E-state index is 0.839. The van der Waals surface area contributed by atoms with Crippen molar-refractivity contribution in [2.45, 2.75) is 0 Å². The molecule has 60 valence electrons. The summed E-state index contributed by atoms with van der Waals surface area (Å²) in [5.74, 6) is 0.839. The molecule has 1 heterocycles. The number of anilines is 1. The van der Waals surface area contributed by atoms with E-state index >= 15 is 0 Å². The van der Waals surface area contributed by atoms with Gasteiger partial charge in [0.1, 0.15) is 6.33 Å². The lowest BCUT2D eigenvalue weighted by Gasteiger charge is -2.16. The van der Waals surface area contributed by atoms with Gasteiger partial charge < -0.3 is 4.90 Å². The molecule has 0 saturated carbocycles. The molecule has 11 heavy (non-hydrogen) atoms. The molecule has 0 radical (unpaired) electrons. The largest absolute Gasteiger partial charge is 0.371 e. The Bertz CT molecular complexity index is 202. The number of aromatic nitrogens is 2. The zero-order chi connectivity index (χ0) is 8.10. The lowest BCUT2D eigenvalue weighted by Crippen LogP contribution is -2.19. The van der Waals surface area contributed by atoms with Gasteiger partial charge in [-0.2, -0.15) is 12.6 Å². The maximum Gasteiger partial charge on any atom is 0.115 e. The highest BCUT2D eigenvalue weighted by Gasteiger charge is 1.97. The van der Waals surface area contributed by atoms with Gasteiger partial charge in [0, 0.05) is 19.3 Å². The summed E-state index contributed by atoms with van der Waals surface area (Å²) in [7, 11) is 1.99. The lowest BCUT2D eigenvalue weighted by atomic mass is 10.4. The van der Waals surface area contributed by atoms with Gasteiger partial charge in [-0.05, 0) is 0 Å². The molecule has 0 aromatic carbocycles. The summed E-state index contributed by atoms with van der Waals surface area (Å²) in [4.78, 5) is 9.88. The van der Waals surface area contributed by atoms with Crippen molar-refractivity contribution < 1.29 is 0 Å². The van der Waals surface area contributed by atoms with E-state index in [9.17, 15) is 0 Å². The molecule has 0 atom stereocenters. The molecule has 0 aliphatic heterocycles. The van der Waals surface area contributed by atoms with E-state index in [1.165, 1.54) is 6.33 Å². The van der Waals surface area contributed by atoms with E-state index < -0.39 is 0 Å². The molecule has 1 aromatic heterocycles. The van der Waals surface area contributed by atoms with Crippen molar-refractivity contribution in [3.8, 4) is 0 Å². The first-order valence-corrected chi connectivity index (χ1v) is 4.05. The standard InChI is InChI=1S/C7H11N3S/c1-10(2-3-11)7-4-8-6-9-5-7/h4-6,11H,2-3H2,1H3.